The van der Waals surface area contributed by atoms with Crippen LogP contribution in [0.15, 0.2) is 22.7 Å². The second-order valence-corrected chi connectivity index (χ2v) is 7.71. The first-order valence-electron chi connectivity index (χ1n) is 8.00. The minimum Gasteiger partial charge on any atom is -0.310 e. The average Bonchev–Trinajstić information content (AvgIpc) is 2.38. The van der Waals surface area contributed by atoms with Gasteiger partial charge in [0.25, 0.3) is 0 Å². The van der Waals surface area contributed by atoms with Gasteiger partial charge in [0.2, 0.25) is 0 Å². The fourth-order valence-electron chi connectivity index (χ4n) is 2.44. The Bertz CT molecular complexity index is 429. The molecule has 1 N–H and O–H groups in total. The van der Waals surface area contributed by atoms with Crippen molar-refractivity contribution in [1.82, 2.24) is 10.2 Å². The molecule has 0 saturated heterocycles. The van der Waals surface area contributed by atoms with Crippen LogP contribution in [0.3, 0.4) is 0 Å². The molecule has 1 aromatic carbocycles. The van der Waals surface area contributed by atoms with Gasteiger partial charge in [0.05, 0.1) is 0 Å². The van der Waals surface area contributed by atoms with Crippen LogP contribution < -0.4 is 5.32 Å². The maximum absolute atomic E-state index is 3.73. The SMILES string of the molecule is CC(C)CC(C)N(C)Cc1ccc(CNC(C)C)cc1Br. The van der Waals surface area contributed by atoms with E-state index in [1.807, 2.05) is 0 Å². The Labute approximate surface area is 139 Å². The number of halogens is 1. The number of hydrogen-bond donors (Lipinski definition) is 1. The summed E-state index contributed by atoms with van der Waals surface area (Å²) in [6.07, 6.45) is 1.24. The molecule has 0 saturated carbocycles. The third-order valence-electron chi connectivity index (χ3n) is 3.82. The lowest BCUT2D eigenvalue weighted by Crippen LogP contribution is -2.29. The van der Waals surface area contributed by atoms with Gasteiger partial charge >= 0.3 is 0 Å². The predicted octanol–water partition coefficient (Wildman–Crippen LogP) is 4.81. The van der Waals surface area contributed by atoms with Crippen LogP contribution in [-0.4, -0.2) is 24.0 Å². The molecule has 1 aromatic rings. The van der Waals surface area contributed by atoms with Gasteiger partial charge in [-0.2, -0.15) is 0 Å². The Hall–Kier alpha value is -0.380. The molecule has 2 nitrogen and oxygen atoms in total. The summed E-state index contributed by atoms with van der Waals surface area (Å²) in [5.74, 6) is 0.746. The lowest BCUT2D eigenvalue weighted by Gasteiger charge is -2.26. The van der Waals surface area contributed by atoms with Gasteiger partial charge in [0, 0.05) is 29.6 Å². The van der Waals surface area contributed by atoms with Crippen molar-refractivity contribution in [2.24, 2.45) is 5.92 Å². The number of nitrogens with zero attached hydrogens (tertiary/aromatic N) is 1. The molecule has 0 radical (unpaired) electrons. The first-order chi connectivity index (χ1) is 9.79. The van der Waals surface area contributed by atoms with Crippen LogP contribution in [0.2, 0.25) is 0 Å². The summed E-state index contributed by atoms with van der Waals surface area (Å²) in [6.45, 7) is 13.2. The van der Waals surface area contributed by atoms with Crippen molar-refractivity contribution in [3.63, 3.8) is 0 Å². The molecule has 0 bridgehead atoms. The molecular weight excluding hydrogens is 324 g/mol. The summed E-state index contributed by atoms with van der Waals surface area (Å²) in [5.41, 5.74) is 2.69. The van der Waals surface area contributed by atoms with Crippen LogP contribution in [0.1, 0.15) is 52.2 Å². The molecule has 1 atom stereocenters. The Kier molecular flexibility index (Phi) is 7.93. The molecule has 0 spiro atoms. The zero-order chi connectivity index (χ0) is 16.0. The van der Waals surface area contributed by atoms with E-state index in [1.165, 1.54) is 22.0 Å². The molecule has 1 unspecified atom stereocenters. The first-order valence-corrected chi connectivity index (χ1v) is 8.79. The minimum atomic E-state index is 0.520. The van der Waals surface area contributed by atoms with E-state index < -0.39 is 0 Å². The third-order valence-corrected chi connectivity index (χ3v) is 4.55. The first kappa shape index (κ1) is 18.7. The van der Waals surface area contributed by atoms with Gasteiger partial charge in [0.1, 0.15) is 0 Å². The van der Waals surface area contributed by atoms with E-state index in [0.717, 1.165) is 19.0 Å². The lowest BCUT2D eigenvalue weighted by atomic mass is 10.0. The number of benzene rings is 1. The van der Waals surface area contributed by atoms with Crippen LogP contribution in [0.4, 0.5) is 0 Å². The Morgan fingerprint density at radius 2 is 1.81 bits per heavy atom. The highest BCUT2D eigenvalue weighted by atomic mass is 79.9. The van der Waals surface area contributed by atoms with Crippen LogP contribution in [-0.2, 0) is 13.1 Å². The molecule has 0 aliphatic heterocycles. The van der Waals surface area contributed by atoms with Crippen LogP contribution in [0.25, 0.3) is 0 Å². The fraction of sp³-hybridized carbons (Fsp3) is 0.667. The van der Waals surface area contributed by atoms with Gasteiger partial charge in [-0.05, 0) is 43.5 Å². The predicted molar refractivity (Wildman–Crippen MR) is 96.5 cm³/mol. The molecule has 21 heavy (non-hydrogen) atoms. The Morgan fingerprint density at radius 3 is 2.33 bits per heavy atom. The highest BCUT2D eigenvalue weighted by Crippen LogP contribution is 2.22. The molecule has 0 heterocycles. The second-order valence-electron chi connectivity index (χ2n) is 6.86. The summed E-state index contributed by atoms with van der Waals surface area (Å²) < 4.78 is 1.22. The third kappa shape index (κ3) is 6.94. The normalized spacial score (nSPS) is 13.4. The second kappa shape index (κ2) is 8.92. The van der Waals surface area contributed by atoms with E-state index in [-0.39, 0.29) is 0 Å². The van der Waals surface area contributed by atoms with Crippen molar-refractivity contribution in [2.75, 3.05) is 7.05 Å². The van der Waals surface area contributed by atoms with Gasteiger partial charge in [-0.25, -0.2) is 0 Å². The van der Waals surface area contributed by atoms with Crippen LogP contribution in [0, 0.1) is 5.92 Å². The van der Waals surface area contributed by atoms with Gasteiger partial charge in [-0.3, -0.25) is 4.90 Å². The summed E-state index contributed by atoms with van der Waals surface area (Å²) in [4.78, 5) is 2.44. The summed E-state index contributed by atoms with van der Waals surface area (Å²) in [7, 11) is 2.22. The molecule has 0 amide bonds. The fourth-order valence-corrected chi connectivity index (χ4v) is 2.99. The van der Waals surface area contributed by atoms with Crippen LogP contribution in [0.5, 0.6) is 0 Å². The van der Waals surface area contributed by atoms with Crippen molar-refractivity contribution >= 4 is 15.9 Å². The highest BCUT2D eigenvalue weighted by molar-refractivity contribution is 9.10. The van der Waals surface area contributed by atoms with Gasteiger partial charge in [-0.15, -0.1) is 0 Å². The quantitative estimate of drug-likeness (QED) is 0.720. The molecule has 3 heteroatoms. The monoisotopic (exact) mass is 354 g/mol. The summed E-state index contributed by atoms with van der Waals surface area (Å²) >= 11 is 3.73. The van der Waals surface area contributed by atoms with Crippen molar-refractivity contribution in [1.29, 1.82) is 0 Å². The summed E-state index contributed by atoms with van der Waals surface area (Å²) in [5, 5.41) is 3.46. The van der Waals surface area contributed by atoms with E-state index in [1.54, 1.807) is 0 Å². The highest BCUT2D eigenvalue weighted by Gasteiger charge is 2.13. The van der Waals surface area contributed by atoms with E-state index in [2.05, 4.69) is 86.0 Å². The standard InChI is InChI=1S/C18H31BrN2/c1-13(2)9-15(5)21(6)12-17-8-7-16(10-18(17)19)11-20-14(3)4/h7-8,10,13-15,20H,9,11-12H2,1-6H3. The van der Waals surface area contributed by atoms with Crippen molar-refractivity contribution in [2.45, 2.75) is 66.2 Å². The minimum absolute atomic E-state index is 0.520. The van der Waals surface area contributed by atoms with Crippen LogP contribution >= 0.6 is 15.9 Å². The topological polar surface area (TPSA) is 15.3 Å². The van der Waals surface area contributed by atoms with Gasteiger partial charge in [0.15, 0.2) is 0 Å². The zero-order valence-electron chi connectivity index (χ0n) is 14.4. The van der Waals surface area contributed by atoms with Crippen molar-refractivity contribution < 1.29 is 0 Å². The molecule has 0 aliphatic carbocycles. The van der Waals surface area contributed by atoms with E-state index >= 15 is 0 Å². The van der Waals surface area contributed by atoms with Gasteiger partial charge in [-0.1, -0.05) is 55.8 Å². The number of hydrogen-bond acceptors (Lipinski definition) is 2. The maximum Gasteiger partial charge on any atom is 0.0244 e. The van der Waals surface area contributed by atoms with E-state index in [4.69, 9.17) is 0 Å². The molecule has 0 aliphatic rings. The molecular formula is C18H31BrN2. The smallest absolute Gasteiger partial charge is 0.0244 e. The molecule has 1 rings (SSSR count). The summed E-state index contributed by atoms with van der Waals surface area (Å²) in [6, 6.07) is 7.85. The maximum atomic E-state index is 3.73. The molecule has 120 valence electrons. The molecule has 0 aromatic heterocycles. The Balaban J connectivity index is 2.63. The van der Waals surface area contributed by atoms with Crippen molar-refractivity contribution in [3.05, 3.63) is 33.8 Å². The number of nitrogens with one attached hydrogen (secondary N) is 1. The van der Waals surface area contributed by atoms with E-state index in [9.17, 15) is 0 Å². The Morgan fingerprint density at radius 1 is 1.14 bits per heavy atom. The van der Waals surface area contributed by atoms with E-state index in [0.29, 0.717) is 12.1 Å². The largest absolute Gasteiger partial charge is 0.310 e. The molecule has 0 fully saturated rings. The number of rotatable bonds is 8. The zero-order valence-corrected chi connectivity index (χ0v) is 16.0. The average molecular weight is 355 g/mol. The lowest BCUT2D eigenvalue weighted by molar-refractivity contribution is 0.220. The van der Waals surface area contributed by atoms with Crippen molar-refractivity contribution in [3.8, 4) is 0 Å². The van der Waals surface area contributed by atoms with Gasteiger partial charge < -0.3 is 5.32 Å².